The van der Waals surface area contributed by atoms with Crippen LogP contribution in [0.1, 0.15) is 35.4 Å². The molecule has 2 N–H and O–H groups in total. The van der Waals surface area contributed by atoms with E-state index in [1.54, 1.807) is 41.8 Å². The molecule has 2 aromatic rings. The molecule has 1 saturated carbocycles. The molecule has 1 heterocycles. The Morgan fingerprint density at radius 2 is 1.78 bits per heavy atom. The SMILES string of the molecule is O=C(Nc1cccc(NC(=O)C2CCCC(C(F)(F)F)C2)c1)c1cccs1. The van der Waals surface area contributed by atoms with Crippen molar-refractivity contribution in [1.82, 2.24) is 0 Å². The highest BCUT2D eigenvalue weighted by Gasteiger charge is 2.43. The Morgan fingerprint density at radius 3 is 2.44 bits per heavy atom. The number of amides is 2. The van der Waals surface area contributed by atoms with Gasteiger partial charge in [0.1, 0.15) is 0 Å². The summed E-state index contributed by atoms with van der Waals surface area (Å²) < 4.78 is 38.8. The first-order valence-electron chi connectivity index (χ1n) is 8.65. The van der Waals surface area contributed by atoms with Gasteiger partial charge in [0.05, 0.1) is 10.8 Å². The van der Waals surface area contributed by atoms with Crippen molar-refractivity contribution >= 4 is 34.5 Å². The summed E-state index contributed by atoms with van der Waals surface area (Å²) in [5.74, 6) is -2.74. The third kappa shape index (κ3) is 5.09. The molecule has 1 aromatic heterocycles. The number of carbonyl (C=O) groups is 2. The van der Waals surface area contributed by atoms with E-state index in [1.807, 2.05) is 0 Å². The number of anilines is 2. The lowest BCUT2D eigenvalue weighted by molar-refractivity contribution is -0.185. The van der Waals surface area contributed by atoms with Crippen LogP contribution < -0.4 is 10.6 Å². The maximum atomic E-state index is 12.9. The number of rotatable bonds is 4. The van der Waals surface area contributed by atoms with Gasteiger partial charge in [-0.05, 0) is 48.9 Å². The molecule has 1 fully saturated rings. The number of hydrogen-bond donors (Lipinski definition) is 2. The van der Waals surface area contributed by atoms with E-state index in [1.165, 1.54) is 11.3 Å². The summed E-state index contributed by atoms with van der Waals surface area (Å²) in [6.07, 6.45) is -3.51. The summed E-state index contributed by atoms with van der Waals surface area (Å²) in [5.41, 5.74) is 0.945. The van der Waals surface area contributed by atoms with Gasteiger partial charge >= 0.3 is 6.18 Å². The number of alkyl halides is 3. The van der Waals surface area contributed by atoms with E-state index in [9.17, 15) is 22.8 Å². The lowest BCUT2D eigenvalue weighted by Crippen LogP contribution is -2.34. The predicted octanol–water partition coefficient (Wildman–Crippen LogP) is 5.31. The minimum absolute atomic E-state index is 0.0809. The van der Waals surface area contributed by atoms with Gasteiger partial charge in [-0.25, -0.2) is 0 Å². The number of nitrogens with one attached hydrogen (secondary N) is 2. The summed E-state index contributed by atoms with van der Waals surface area (Å²) in [6, 6.07) is 10.1. The van der Waals surface area contributed by atoms with Crippen molar-refractivity contribution in [2.24, 2.45) is 11.8 Å². The maximum Gasteiger partial charge on any atom is 0.391 e. The molecule has 144 valence electrons. The Labute approximate surface area is 158 Å². The van der Waals surface area contributed by atoms with Crippen LogP contribution in [0.25, 0.3) is 0 Å². The first-order chi connectivity index (χ1) is 12.8. The molecule has 1 aromatic carbocycles. The van der Waals surface area contributed by atoms with Crippen LogP contribution in [0.4, 0.5) is 24.5 Å². The zero-order valence-electron chi connectivity index (χ0n) is 14.4. The highest BCUT2D eigenvalue weighted by atomic mass is 32.1. The Hall–Kier alpha value is -2.35. The minimum atomic E-state index is -4.26. The lowest BCUT2D eigenvalue weighted by atomic mass is 9.80. The second-order valence-electron chi connectivity index (χ2n) is 6.60. The third-order valence-corrected chi connectivity index (χ3v) is 5.51. The van der Waals surface area contributed by atoms with E-state index in [4.69, 9.17) is 0 Å². The first-order valence-corrected chi connectivity index (χ1v) is 9.53. The molecule has 8 heteroatoms. The lowest BCUT2D eigenvalue weighted by Gasteiger charge is -2.29. The molecule has 4 nitrogen and oxygen atoms in total. The van der Waals surface area contributed by atoms with Crippen LogP contribution >= 0.6 is 11.3 Å². The van der Waals surface area contributed by atoms with Gasteiger partial charge < -0.3 is 10.6 Å². The number of carbonyl (C=O) groups excluding carboxylic acids is 2. The second-order valence-corrected chi connectivity index (χ2v) is 7.55. The van der Waals surface area contributed by atoms with Gasteiger partial charge in [-0.2, -0.15) is 13.2 Å². The van der Waals surface area contributed by atoms with E-state index in [0.29, 0.717) is 29.1 Å². The monoisotopic (exact) mass is 396 g/mol. The fraction of sp³-hybridized carbons (Fsp3) is 0.368. The van der Waals surface area contributed by atoms with Crippen molar-refractivity contribution < 1.29 is 22.8 Å². The molecule has 3 rings (SSSR count). The van der Waals surface area contributed by atoms with Crippen molar-refractivity contribution in [3.63, 3.8) is 0 Å². The second kappa shape index (κ2) is 8.12. The predicted molar refractivity (Wildman–Crippen MR) is 98.8 cm³/mol. The smallest absolute Gasteiger partial charge is 0.326 e. The zero-order chi connectivity index (χ0) is 19.4. The van der Waals surface area contributed by atoms with Gasteiger partial charge in [0, 0.05) is 17.3 Å². The number of thiophene rings is 1. The van der Waals surface area contributed by atoms with Crippen LogP contribution in [0, 0.1) is 11.8 Å². The number of benzene rings is 1. The molecule has 2 atom stereocenters. The van der Waals surface area contributed by atoms with E-state index >= 15 is 0 Å². The van der Waals surface area contributed by atoms with Crippen molar-refractivity contribution in [3.8, 4) is 0 Å². The molecule has 0 radical (unpaired) electrons. The van der Waals surface area contributed by atoms with Crippen LogP contribution in [0.5, 0.6) is 0 Å². The summed E-state index contributed by atoms with van der Waals surface area (Å²) in [5, 5.41) is 7.21. The Bertz CT molecular complexity index is 806. The van der Waals surface area contributed by atoms with Gasteiger partial charge in [0.15, 0.2) is 0 Å². The molecule has 1 aliphatic carbocycles. The Balaban J connectivity index is 1.62. The largest absolute Gasteiger partial charge is 0.391 e. The van der Waals surface area contributed by atoms with Crippen LogP contribution in [0.3, 0.4) is 0 Å². The zero-order valence-corrected chi connectivity index (χ0v) is 15.2. The average Bonchev–Trinajstić information content (AvgIpc) is 3.16. The quantitative estimate of drug-likeness (QED) is 0.736. The molecular formula is C19H19F3N2O2S. The normalized spacial score (nSPS) is 20.1. The molecule has 0 spiro atoms. The van der Waals surface area contributed by atoms with Gasteiger partial charge in [0.25, 0.3) is 5.91 Å². The number of hydrogen-bond acceptors (Lipinski definition) is 3. The topological polar surface area (TPSA) is 58.2 Å². The van der Waals surface area contributed by atoms with E-state index in [0.717, 1.165) is 0 Å². The van der Waals surface area contributed by atoms with Crippen molar-refractivity contribution in [3.05, 3.63) is 46.7 Å². The van der Waals surface area contributed by atoms with Gasteiger partial charge in [-0.15, -0.1) is 11.3 Å². The first kappa shape index (κ1) is 19.4. The maximum absolute atomic E-state index is 12.9. The van der Waals surface area contributed by atoms with Crippen LogP contribution in [0.15, 0.2) is 41.8 Å². The van der Waals surface area contributed by atoms with Crippen molar-refractivity contribution in [1.29, 1.82) is 0 Å². The van der Waals surface area contributed by atoms with E-state index < -0.39 is 23.9 Å². The fourth-order valence-corrected chi connectivity index (χ4v) is 3.86. The van der Waals surface area contributed by atoms with Gasteiger partial charge in [0.2, 0.25) is 5.91 Å². The molecular weight excluding hydrogens is 377 g/mol. The molecule has 2 amide bonds. The van der Waals surface area contributed by atoms with Crippen LogP contribution in [0.2, 0.25) is 0 Å². The van der Waals surface area contributed by atoms with E-state index in [2.05, 4.69) is 10.6 Å². The number of halogens is 3. The minimum Gasteiger partial charge on any atom is -0.326 e. The Morgan fingerprint density at radius 1 is 1.04 bits per heavy atom. The highest BCUT2D eigenvalue weighted by molar-refractivity contribution is 7.12. The average molecular weight is 396 g/mol. The molecule has 0 bridgehead atoms. The summed E-state index contributed by atoms with van der Waals surface area (Å²) in [4.78, 5) is 25.0. The molecule has 27 heavy (non-hydrogen) atoms. The summed E-state index contributed by atoms with van der Waals surface area (Å²) in [6.45, 7) is 0. The highest BCUT2D eigenvalue weighted by Crippen LogP contribution is 2.40. The summed E-state index contributed by atoms with van der Waals surface area (Å²) in [7, 11) is 0. The van der Waals surface area contributed by atoms with Crippen LogP contribution in [-0.2, 0) is 4.79 Å². The van der Waals surface area contributed by atoms with Crippen molar-refractivity contribution in [2.75, 3.05) is 10.6 Å². The molecule has 0 saturated heterocycles. The standard InChI is InChI=1S/C19H19F3N2O2S/c20-19(21,22)13-5-1-4-12(10-13)17(25)23-14-6-2-7-15(11-14)24-18(26)16-8-3-9-27-16/h2-3,6-9,11-13H,1,4-5,10H2,(H,23,25)(H,24,26). The van der Waals surface area contributed by atoms with Crippen molar-refractivity contribution in [2.45, 2.75) is 31.9 Å². The summed E-state index contributed by atoms with van der Waals surface area (Å²) >= 11 is 1.31. The molecule has 1 aliphatic rings. The fourth-order valence-electron chi connectivity index (χ4n) is 3.24. The van der Waals surface area contributed by atoms with Gasteiger partial charge in [-0.3, -0.25) is 9.59 Å². The van der Waals surface area contributed by atoms with Gasteiger partial charge in [-0.1, -0.05) is 18.6 Å². The molecule has 0 aliphatic heterocycles. The van der Waals surface area contributed by atoms with Crippen LogP contribution in [-0.4, -0.2) is 18.0 Å². The van der Waals surface area contributed by atoms with E-state index in [-0.39, 0.29) is 18.7 Å². The third-order valence-electron chi connectivity index (χ3n) is 4.64. The Kier molecular flexibility index (Phi) is 5.84. The molecule has 2 unspecified atom stereocenters.